The van der Waals surface area contributed by atoms with Crippen LogP contribution in [0.2, 0.25) is 0 Å². The van der Waals surface area contributed by atoms with Gasteiger partial charge in [0.15, 0.2) is 10.8 Å². The minimum absolute atomic E-state index is 0.0696. The molecule has 134 valence electrons. The first kappa shape index (κ1) is 17.9. The predicted molar refractivity (Wildman–Crippen MR) is 99.7 cm³/mol. The van der Waals surface area contributed by atoms with Crippen molar-refractivity contribution in [1.82, 2.24) is 25.6 Å². The zero-order valence-electron chi connectivity index (χ0n) is 14.6. The molecule has 3 rings (SSSR count). The van der Waals surface area contributed by atoms with Crippen LogP contribution >= 0.6 is 11.3 Å². The lowest BCUT2D eigenvalue weighted by atomic mass is 10.1. The zero-order chi connectivity index (χ0) is 17.5. The van der Waals surface area contributed by atoms with Crippen LogP contribution in [0.5, 0.6) is 0 Å². The van der Waals surface area contributed by atoms with Gasteiger partial charge in [0.05, 0.1) is 5.69 Å². The number of amides is 1. The topological polar surface area (TPSA) is 79.8 Å². The minimum atomic E-state index is -0.0696. The van der Waals surface area contributed by atoms with Crippen molar-refractivity contribution in [2.24, 2.45) is 0 Å². The molecule has 6 nitrogen and oxygen atoms in total. The summed E-state index contributed by atoms with van der Waals surface area (Å²) in [4.78, 5) is 25.9. The van der Waals surface area contributed by atoms with E-state index in [0.717, 1.165) is 12.2 Å². The first-order valence-corrected chi connectivity index (χ1v) is 9.82. The molecular formula is C18H25N5OS. The van der Waals surface area contributed by atoms with Crippen molar-refractivity contribution < 1.29 is 4.79 Å². The molecule has 0 aromatic carbocycles. The molecule has 1 amide bonds. The minimum Gasteiger partial charge on any atom is -0.350 e. The highest BCUT2D eigenvalue weighted by Gasteiger charge is 2.17. The largest absolute Gasteiger partial charge is 0.350 e. The summed E-state index contributed by atoms with van der Waals surface area (Å²) >= 11 is 1.34. The van der Waals surface area contributed by atoms with E-state index in [2.05, 4.69) is 25.6 Å². The van der Waals surface area contributed by atoms with E-state index in [1.807, 2.05) is 6.92 Å². The molecule has 2 aromatic rings. The second-order valence-corrected chi connectivity index (χ2v) is 7.40. The van der Waals surface area contributed by atoms with Crippen LogP contribution < -0.4 is 10.6 Å². The maximum atomic E-state index is 12.4. The number of aromatic nitrogens is 3. The Bertz CT molecular complexity index is 680. The fourth-order valence-corrected chi connectivity index (χ4v) is 4.06. The number of thiazole rings is 1. The Morgan fingerprint density at radius 2 is 1.88 bits per heavy atom. The molecule has 0 unspecified atom stereocenters. The molecule has 1 aliphatic carbocycles. The fourth-order valence-electron chi connectivity index (χ4n) is 3.13. The Balaban J connectivity index is 1.49. The van der Waals surface area contributed by atoms with Gasteiger partial charge in [-0.15, -0.1) is 11.3 Å². The highest BCUT2D eigenvalue weighted by atomic mass is 32.1. The molecule has 0 aliphatic heterocycles. The van der Waals surface area contributed by atoms with Gasteiger partial charge in [-0.1, -0.05) is 25.7 Å². The van der Waals surface area contributed by atoms with Crippen molar-refractivity contribution in [2.75, 3.05) is 13.1 Å². The van der Waals surface area contributed by atoms with Crippen LogP contribution in [0.4, 0.5) is 0 Å². The van der Waals surface area contributed by atoms with E-state index in [9.17, 15) is 4.79 Å². The molecule has 7 heteroatoms. The summed E-state index contributed by atoms with van der Waals surface area (Å²) in [5, 5.41) is 7.24. The second kappa shape index (κ2) is 9.01. The van der Waals surface area contributed by atoms with Crippen LogP contribution in [-0.4, -0.2) is 40.0 Å². The normalized spacial score (nSPS) is 15.7. The quantitative estimate of drug-likeness (QED) is 0.612. The van der Waals surface area contributed by atoms with Crippen LogP contribution in [0.25, 0.3) is 10.8 Å². The fraction of sp³-hybridized carbons (Fsp3) is 0.556. The molecule has 25 heavy (non-hydrogen) atoms. The standard InChI is InChI=1S/C18H25N5OS/c1-13-15(25-18(23-13)16-20-9-6-10-21-16)17(24)22-12-11-19-14-7-4-2-3-5-8-14/h6,9-10,14,19H,2-5,7-8,11-12H2,1H3,(H,22,24). The van der Waals surface area contributed by atoms with Crippen LogP contribution in [0, 0.1) is 6.92 Å². The molecule has 0 spiro atoms. The van der Waals surface area contributed by atoms with Crippen molar-refractivity contribution in [3.05, 3.63) is 29.0 Å². The maximum absolute atomic E-state index is 12.4. The highest BCUT2D eigenvalue weighted by Crippen LogP contribution is 2.24. The lowest BCUT2D eigenvalue weighted by Gasteiger charge is -2.16. The Kier molecular flexibility index (Phi) is 6.47. The van der Waals surface area contributed by atoms with Gasteiger partial charge in [-0.25, -0.2) is 15.0 Å². The summed E-state index contributed by atoms with van der Waals surface area (Å²) in [7, 11) is 0. The molecule has 2 heterocycles. The Morgan fingerprint density at radius 1 is 1.16 bits per heavy atom. The highest BCUT2D eigenvalue weighted by molar-refractivity contribution is 7.17. The molecular weight excluding hydrogens is 334 g/mol. The van der Waals surface area contributed by atoms with Gasteiger partial charge < -0.3 is 10.6 Å². The molecule has 1 fully saturated rings. The summed E-state index contributed by atoms with van der Waals surface area (Å²) in [6, 6.07) is 2.37. The van der Waals surface area contributed by atoms with Gasteiger partial charge in [0.2, 0.25) is 0 Å². The molecule has 2 N–H and O–H groups in total. The van der Waals surface area contributed by atoms with E-state index in [1.165, 1.54) is 49.9 Å². The predicted octanol–water partition coefficient (Wildman–Crippen LogP) is 2.95. The zero-order valence-corrected chi connectivity index (χ0v) is 15.4. The van der Waals surface area contributed by atoms with Crippen molar-refractivity contribution in [3.8, 4) is 10.8 Å². The van der Waals surface area contributed by atoms with Gasteiger partial charge in [-0.3, -0.25) is 4.79 Å². The third-order valence-electron chi connectivity index (χ3n) is 4.46. The van der Waals surface area contributed by atoms with Gasteiger partial charge >= 0.3 is 0 Å². The number of carbonyl (C=O) groups excluding carboxylic acids is 1. The second-order valence-electron chi connectivity index (χ2n) is 6.40. The van der Waals surface area contributed by atoms with Crippen molar-refractivity contribution >= 4 is 17.2 Å². The number of aryl methyl sites for hydroxylation is 1. The van der Waals surface area contributed by atoms with E-state index >= 15 is 0 Å². The van der Waals surface area contributed by atoms with Gasteiger partial charge in [-0.05, 0) is 25.8 Å². The van der Waals surface area contributed by atoms with E-state index in [4.69, 9.17) is 0 Å². The van der Waals surface area contributed by atoms with Gasteiger partial charge in [0.1, 0.15) is 4.88 Å². The van der Waals surface area contributed by atoms with Crippen LogP contribution in [0.15, 0.2) is 18.5 Å². The Hall–Kier alpha value is -1.86. The summed E-state index contributed by atoms with van der Waals surface area (Å²) in [6.07, 6.45) is 11.2. The molecule has 2 aromatic heterocycles. The summed E-state index contributed by atoms with van der Waals surface area (Å²) in [6.45, 7) is 3.29. The number of hydrogen-bond donors (Lipinski definition) is 2. The molecule has 0 bridgehead atoms. The van der Waals surface area contributed by atoms with E-state index in [-0.39, 0.29) is 5.91 Å². The first-order valence-electron chi connectivity index (χ1n) is 9.00. The van der Waals surface area contributed by atoms with E-state index in [1.54, 1.807) is 18.5 Å². The maximum Gasteiger partial charge on any atom is 0.263 e. The third-order valence-corrected chi connectivity index (χ3v) is 5.61. The van der Waals surface area contributed by atoms with Crippen molar-refractivity contribution in [3.63, 3.8) is 0 Å². The number of nitrogens with one attached hydrogen (secondary N) is 2. The average molecular weight is 359 g/mol. The van der Waals surface area contributed by atoms with Gasteiger partial charge in [0, 0.05) is 31.5 Å². The smallest absolute Gasteiger partial charge is 0.263 e. The Morgan fingerprint density at radius 3 is 2.60 bits per heavy atom. The first-order chi connectivity index (χ1) is 12.2. The molecule has 1 aliphatic rings. The number of hydrogen-bond acceptors (Lipinski definition) is 6. The average Bonchev–Trinajstić information content (AvgIpc) is 2.85. The van der Waals surface area contributed by atoms with Crippen LogP contribution in [0.3, 0.4) is 0 Å². The van der Waals surface area contributed by atoms with Crippen LogP contribution in [0.1, 0.15) is 53.9 Å². The SMILES string of the molecule is Cc1nc(-c2ncccn2)sc1C(=O)NCCNC1CCCCCC1. The number of rotatable bonds is 6. The van der Waals surface area contributed by atoms with E-state index < -0.39 is 0 Å². The van der Waals surface area contributed by atoms with Gasteiger partial charge in [0.25, 0.3) is 5.91 Å². The van der Waals surface area contributed by atoms with Crippen molar-refractivity contribution in [2.45, 2.75) is 51.5 Å². The summed E-state index contributed by atoms with van der Waals surface area (Å²) < 4.78 is 0. The molecule has 0 radical (unpaired) electrons. The monoisotopic (exact) mass is 359 g/mol. The lowest BCUT2D eigenvalue weighted by molar-refractivity contribution is 0.0956. The lowest BCUT2D eigenvalue weighted by Crippen LogP contribution is -2.36. The summed E-state index contributed by atoms with van der Waals surface area (Å²) in [5.41, 5.74) is 0.724. The van der Waals surface area contributed by atoms with Gasteiger partial charge in [-0.2, -0.15) is 0 Å². The summed E-state index contributed by atoms with van der Waals surface area (Å²) in [5.74, 6) is 0.490. The Labute approximate surface area is 152 Å². The number of carbonyl (C=O) groups is 1. The van der Waals surface area contributed by atoms with Crippen molar-refractivity contribution in [1.29, 1.82) is 0 Å². The number of nitrogens with zero attached hydrogens (tertiary/aromatic N) is 3. The third kappa shape index (κ3) is 5.06. The molecule has 0 saturated heterocycles. The molecule has 0 atom stereocenters. The van der Waals surface area contributed by atoms with Crippen LogP contribution in [-0.2, 0) is 0 Å². The molecule has 1 saturated carbocycles. The van der Waals surface area contributed by atoms with E-state index in [0.29, 0.717) is 28.3 Å².